The van der Waals surface area contributed by atoms with E-state index in [-0.39, 0.29) is 16.6 Å². The van der Waals surface area contributed by atoms with Gasteiger partial charge in [0.05, 0.1) is 26.8 Å². The second-order valence-electron chi connectivity index (χ2n) is 9.11. The highest BCUT2D eigenvalue weighted by Crippen LogP contribution is 2.62. The van der Waals surface area contributed by atoms with Gasteiger partial charge in [0.1, 0.15) is 5.75 Å². The Bertz CT molecular complexity index is 1020. The molecule has 2 atom stereocenters. The number of nitrogens with zero attached hydrogens (tertiary/aromatic N) is 3. The van der Waals surface area contributed by atoms with E-state index in [0.717, 1.165) is 12.8 Å². The van der Waals surface area contributed by atoms with Crippen LogP contribution in [0.15, 0.2) is 28.6 Å². The van der Waals surface area contributed by atoms with Crippen LogP contribution in [0.2, 0.25) is 0 Å². The Balaban J connectivity index is 1.34. The number of nitriles is 1. The largest absolute Gasteiger partial charge is 0.481 e. The van der Waals surface area contributed by atoms with Crippen LogP contribution < -0.4 is 4.74 Å². The first-order valence-corrected chi connectivity index (χ1v) is 12.9. The Morgan fingerprint density at radius 3 is 2.32 bits per heavy atom. The lowest BCUT2D eigenvalue weighted by molar-refractivity contribution is -0.138. The van der Waals surface area contributed by atoms with Crippen LogP contribution in [0.3, 0.4) is 0 Å². The quantitative estimate of drug-likeness (QED) is 0.672. The molecule has 4 rings (SSSR count). The van der Waals surface area contributed by atoms with Crippen LogP contribution in [0.4, 0.5) is 0 Å². The number of amides is 2. The number of carbonyl (C=O) groups is 2. The zero-order chi connectivity index (χ0) is 22.2. The lowest BCUT2D eigenvalue weighted by Crippen LogP contribution is -2.46. The van der Waals surface area contributed by atoms with Gasteiger partial charge in [0.2, 0.25) is 5.91 Å². The molecule has 2 unspecified atom stereocenters. The molecule has 0 aromatic heterocycles. The van der Waals surface area contributed by atoms with Gasteiger partial charge in [-0.1, -0.05) is 0 Å². The van der Waals surface area contributed by atoms with Gasteiger partial charge in [-0.25, -0.2) is 4.21 Å². The van der Waals surface area contributed by atoms with E-state index in [9.17, 15) is 13.8 Å². The fraction of sp³-hybridized carbons (Fsp3) is 0.609. The van der Waals surface area contributed by atoms with E-state index in [2.05, 4.69) is 4.36 Å². The van der Waals surface area contributed by atoms with Gasteiger partial charge in [-0.05, 0) is 75.6 Å². The van der Waals surface area contributed by atoms with Gasteiger partial charge in [0.15, 0.2) is 6.10 Å². The summed E-state index contributed by atoms with van der Waals surface area (Å²) in [4.78, 5) is 27.4. The van der Waals surface area contributed by atoms with Crippen LogP contribution in [0.1, 0.15) is 51.0 Å². The Morgan fingerprint density at radius 1 is 1.19 bits per heavy atom. The number of likely N-dealkylation sites (tertiary alicyclic amines) is 1. The van der Waals surface area contributed by atoms with Crippen LogP contribution in [-0.4, -0.2) is 51.6 Å². The molecule has 3 fully saturated rings. The molecular weight excluding hydrogens is 414 g/mol. The summed E-state index contributed by atoms with van der Waals surface area (Å²) in [7, 11) is -2.74. The van der Waals surface area contributed by atoms with E-state index >= 15 is 0 Å². The summed E-state index contributed by atoms with van der Waals surface area (Å²) in [5.74, 6) is 0.766. The number of piperidine rings is 1. The number of ether oxygens (including phenoxy) is 1. The zero-order valence-electron chi connectivity index (χ0n) is 18.1. The number of benzene rings is 1. The van der Waals surface area contributed by atoms with Crippen LogP contribution in [0.5, 0.6) is 5.75 Å². The molecule has 8 heteroatoms. The summed E-state index contributed by atoms with van der Waals surface area (Å²) >= 11 is 0. The summed E-state index contributed by atoms with van der Waals surface area (Å²) in [6.07, 6.45) is 6.25. The minimum Gasteiger partial charge on any atom is -0.481 e. The predicted octanol–water partition coefficient (Wildman–Crippen LogP) is 3.13. The van der Waals surface area contributed by atoms with Crippen molar-refractivity contribution in [2.45, 2.75) is 56.8 Å². The van der Waals surface area contributed by atoms with Gasteiger partial charge >= 0.3 is 0 Å². The van der Waals surface area contributed by atoms with Crippen LogP contribution in [-0.2, 0) is 19.3 Å². The summed E-state index contributed by atoms with van der Waals surface area (Å²) in [5.41, 5.74) is 0.418. The van der Waals surface area contributed by atoms with Crippen LogP contribution in [0, 0.1) is 22.7 Å². The highest BCUT2D eigenvalue weighted by Gasteiger charge is 2.60. The minimum atomic E-state index is -2.74. The van der Waals surface area contributed by atoms with Crippen molar-refractivity contribution in [2.24, 2.45) is 15.7 Å². The summed E-state index contributed by atoms with van der Waals surface area (Å²) in [5, 5.41) is 8.64. The Hall–Kier alpha value is -2.40. The third-order valence-corrected chi connectivity index (χ3v) is 9.09. The fourth-order valence-corrected chi connectivity index (χ4v) is 6.31. The molecule has 7 nitrogen and oxygen atoms in total. The average Bonchev–Trinajstić information content (AvgIpc) is 3.66. The van der Waals surface area contributed by atoms with Gasteiger partial charge in [-0.2, -0.15) is 9.62 Å². The third-order valence-electron chi connectivity index (χ3n) is 6.84. The van der Waals surface area contributed by atoms with E-state index in [1.807, 2.05) is 11.0 Å². The van der Waals surface area contributed by atoms with Crippen molar-refractivity contribution in [3.63, 3.8) is 0 Å². The molecule has 2 aliphatic carbocycles. The Morgan fingerprint density at radius 2 is 1.81 bits per heavy atom. The molecule has 2 amide bonds. The summed E-state index contributed by atoms with van der Waals surface area (Å²) in [6.45, 7) is 2.75. The van der Waals surface area contributed by atoms with Crippen molar-refractivity contribution >= 4 is 21.5 Å². The fourth-order valence-electron chi connectivity index (χ4n) is 4.57. The standard InChI is InChI=1S/C23H29N3O4S/c1-16(30-19-7-3-17(15-24)4-8-19)21(27)25-31(2,29)20-9-13-26(14-10-20)22(28)23(11-12-23)18-5-6-18/h3-4,7-8,16,18,20H,5-6,9-14H2,1-2H3. The maximum atomic E-state index is 13.2. The van der Waals surface area contributed by atoms with Gasteiger partial charge < -0.3 is 9.64 Å². The van der Waals surface area contributed by atoms with E-state index < -0.39 is 21.7 Å². The molecule has 1 aromatic rings. The van der Waals surface area contributed by atoms with Crippen molar-refractivity contribution in [1.29, 1.82) is 5.26 Å². The second kappa shape index (κ2) is 8.27. The maximum absolute atomic E-state index is 13.2. The molecule has 166 valence electrons. The van der Waals surface area contributed by atoms with Gasteiger partial charge in [-0.15, -0.1) is 0 Å². The topological polar surface area (TPSA) is 99.8 Å². The normalized spacial score (nSPS) is 23.2. The monoisotopic (exact) mass is 443 g/mol. The number of rotatable bonds is 6. The maximum Gasteiger partial charge on any atom is 0.294 e. The van der Waals surface area contributed by atoms with Crippen molar-refractivity contribution in [1.82, 2.24) is 4.90 Å². The van der Waals surface area contributed by atoms with Crippen LogP contribution >= 0.6 is 0 Å². The number of hydrogen-bond acceptors (Lipinski definition) is 5. The smallest absolute Gasteiger partial charge is 0.294 e. The first-order valence-electron chi connectivity index (χ1n) is 11.0. The van der Waals surface area contributed by atoms with E-state index in [0.29, 0.717) is 43.2 Å². The van der Waals surface area contributed by atoms with Crippen molar-refractivity contribution < 1.29 is 18.5 Å². The molecule has 1 saturated heterocycles. The van der Waals surface area contributed by atoms with Gasteiger partial charge in [-0.3, -0.25) is 9.59 Å². The van der Waals surface area contributed by atoms with Crippen molar-refractivity contribution in [3.05, 3.63) is 29.8 Å². The zero-order valence-corrected chi connectivity index (χ0v) is 18.9. The van der Waals surface area contributed by atoms with E-state index in [1.165, 1.54) is 19.1 Å². The van der Waals surface area contributed by atoms with E-state index in [1.54, 1.807) is 31.2 Å². The van der Waals surface area contributed by atoms with Gasteiger partial charge in [0.25, 0.3) is 5.91 Å². The lowest BCUT2D eigenvalue weighted by Gasteiger charge is -2.34. The molecular formula is C23H29N3O4S. The summed E-state index contributed by atoms with van der Waals surface area (Å²) in [6, 6.07) is 8.48. The highest BCUT2D eigenvalue weighted by molar-refractivity contribution is 7.93. The first-order chi connectivity index (χ1) is 14.7. The minimum absolute atomic E-state index is 0.0843. The average molecular weight is 444 g/mol. The van der Waals surface area contributed by atoms with Gasteiger partial charge in [0, 0.05) is 24.6 Å². The molecule has 0 bridgehead atoms. The number of hydrogen-bond donors (Lipinski definition) is 0. The predicted molar refractivity (Wildman–Crippen MR) is 117 cm³/mol. The molecule has 2 saturated carbocycles. The molecule has 3 aliphatic rings. The van der Waals surface area contributed by atoms with E-state index in [4.69, 9.17) is 10.00 Å². The molecule has 0 N–H and O–H groups in total. The Kier molecular flexibility index (Phi) is 5.82. The van der Waals surface area contributed by atoms with Crippen LogP contribution in [0.25, 0.3) is 0 Å². The summed E-state index contributed by atoms with van der Waals surface area (Å²) < 4.78 is 22.9. The first kappa shape index (κ1) is 21.8. The van der Waals surface area contributed by atoms with Crippen molar-refractivity contribution in [3.8, 4) is 11.8 Å². The third kappa shape index (κ3) is 4.62. The molecule has 0 radical (unpaired) electrons. The Labute approximate surface area is 183 Å². The molecule has 31 heavy (non-hydrogen) atoms. The SMILES string of the molecule is CC(Oc1ccc(C#N)cc1)C(=O)N=S(C)(=O)C1CCN(C(=O)C2(C3CC3)CC2)CC1. The van der Waals surface area contributed by atoms with Crippen molar-refractivity contribution in [2.75, 3.05) is 19.3 Å². The number of carbonyl (C=O) groups excluding carboxylic acids is 2. The molecule has 1 heterocycles. The lowest BCUT2D eigenvalue weighted by atomic mass is 9.97. The molecule has 0 spiro atoms. The second-order valence-corrected chi connectivity index (χ2v) is 11.7. The molecule has 1 aliphatic heterocycles. The molecule has 1 aromatic carbocycles. The highest BCUT2D eigenvalue weighted by atomic mass is 32.2.